The number of benzene rings is 2. The molecule has 7 nitrogen and oxygen atoms in total. The SMILES string of the molecule is COc1ccc2c(c1)C(=O)C(=Cc1cccc(-c3nn[nH]n3)c1)O2. The summed E-state index contributed by atoms with van der Waals surface area (Å²) < 4.78 is 10.8. The molecule has 3 aromatic rings. The molecule has 118 valence electrons. The number of carbonyl (C=O) groups excluding carboxylic acids is 1. The fourth-order valence-electron chi connectivity index (χ4n) is 2.50. The second-order valence-electron chi connectivity index (χ2n) is 5.16. The molecule has 0 aliphatic carbocycles. The van der Waals surface area contributed by atoms with Gasteiger partial charge in [-0.1, -0.05) is 18.2 Å². The van der Waals surface area contributed by atoms with Crippen LogP contribution in [0.5, 0.6) is 11.5 Å². The van der Waals surface area contributed by atoms with Gasteiger partial charge in [-0.25, -0.2) is 0 Å². The topological polar surface area (TPSA) is 90.0 Å². The maximum Gasteiger partial charge on any atom is 0.232 e. The van der Waals surface area contributed by atoms with Gasteiger partial charge >= 0.3 is 0 Å². The van der Waals surface area contributed by atoms with Crippen molar-refractivity contribution in [3.05, 3.63) is 59.4 Å². The highest BCUT2D eigenvalue weighted by Crippen LogP contribution is 2.34. The molecule has 0 atom stereocenters. The fraction of sp³-hybridized carbons (Fsp3) is 0.0588. The Balaban J connectivity index is 1.68. The van der Waals surface area contributed by atoms with Gasteiger partial charge in [0, 0.05) is 5.56 Å². The number of nitrogens with zero attached hydrogens (tertiary/aromatic N) is 3. The highest BCUT2D eigenvalue weighted by atomic mass is 16.5. The fourth-order valence-corrected chi connectivity index (χ4v) is 2.50. The molecule has 0 bridgehead atoms. The second kappa shape index (κ2) is 5.62. The number of H-pyrrole nitrogens is 1. The molecule has 2 heterocycles. The summed E-state index contributed by atoms with van der Waals surface area (Å²) >= 11 is 0. The zero-order valence-electron chi connectivity index (χ0n) is 12.7. The van der Waals surface area contributed by atoms with Crippen molar-refractivity contribution >= 4 is 11.9 Å². The minimum absolute atomic E-state index is 0.172. The maximum absolute atomic E-state index is 12.5. The van der Waals surface area contributed by atoms with Crippen LogP contribution < -0.4 is 9.47 Å². The van der Waals surface area contributed by atoms with Crippen LogP contribution in [0.15, 0.2) is 48.2 Å². The zero-order chi connectivity index (χ0) is 16.5. The number of tetrazole rings is 1. The predicted molar refractivity (Wildman–Crippen MR) is 85.5 cm³/mol. The van der Waals surface area contributed by atoms with Crippen molar-refractivity contribution in [3.63, 3.8) is 0 Å². The number of nitrogens with one attached hydrogen (secondary N) is 1. The molecule has 0 spiro atoms. The van der Waals surface area contributed by atoms with Gasteiger partial charge in [-0.05, 0) is 41.1 Å². The summed E-state index contributed by atoms with van der Waals surface area (Å²) in [5.41, 5.74) is 2.10. The molecule has 0 radical (unpaired) electrons. The molecule has 0 fully saturated rings. The van der Waals surface area contributed by atoms with Crippen molar-refractivity contribution in [2.75, 3.05) is 7.11 Å². The van der Waals surface area contributed by atoms with Crippen molar-refractivity contribution in [2.45, 2.75) is 0 Å². The summed E-state index contributed by atoms with van der Waals surface area (Å²) in [5, 5.41) is 13.9. The Bertz CT molecular complexity index is 948. The summed E-state index contributed by atoms with van der Waals surface area (Å²) in [6, 6.07) is 12.6. The van der Waals surface area contributed by atoms with Crippen LogP contribution >= 0.6 is 0 Å². The van der Waals surface area contributed by atoms with E-state index in [4.69, 9.17) is 9.47 Å². The number of fused-ring (bicyclic) bond motifs is 1. The number of rotatable bonds is 3. The van der Waals surface area contributed by atoms with Gasteiger partial charge in [-0.2, -0.15) is 5.21 Å². The van der Waals surface area contributed by atoms with Crippen molar-refractivity contribution in [2.24, 2.45) is 0 Å². The van der Waals surface area contributed by atoms with Gasteiger partial charge in [-0.3, -0.25) is 4.79 Å². The lowest BCUT2D eigenvalue weighted by Gasteiger charge is -2.01. The number of hydrogen-bond donors (Lipinski definition) is 1. The Morgan fingerprint density at radius 2 is 2.12 bits per heavy atom. The smallest absolute Gasteiger partial charge is 0.232 e. The van der Waals surface area contributed by atoms with E-state index in [9.17, 15) is 4.79 Å². The zero-order valence-corrected chi connectivity index (χ0v) is 12.7. The molecule has 2 aromatic carbocycles. The van der Waals surface area contributed by atoms with Crippen LogP contribution in [0.3, 0.4) is 0 Å². The van der Waals surface area contributed by atoms with Gasteiger partial charge in [0.2, 0.25) is 11.6 Å². The quantitative estimate of drug-likeness (QED) is 0.746. The lowest BCUT2D eigenvalue weighted by Crippen LogP contribution is -1.98. The van der Waals surface area contributed by atoms with Crippen molar-refractivity contribution in [1.29, 1.82) is 0 Å². The second-order valence-corrected chi connectivity index (χ2v) is 5.16. The van der Waals surface area contributed by atoms with Crippen LogP contribution in [0, 0.1) is 0 Å². The largest absolute Gasteiger partial charge is 0.497 e. The molecule has 1 aromatic heterocycles. The molecular formula is C17H12N4O3. The third kappa shape index (κ3) is 2.41. The van der Waals surface area contributed by atoms with E-state index in [1.54, 1.807) is 31.4 Å². The number of ketones is 1. The lowest BCUT2D eigenvalue weighted by molar-refractivity contribution is 0.101. The van der Waals surface area contributed by atoms with Crippen LogP contribution in [-0.2, 0) is 0 Å². The number of allylic oxidation sites excluding steroid dienone is 1. The number of hydrogen-bond acceptors (Lipinski definition) is 6. The Morgan fingerprint density at radius 1 is 1.21 bits per heavy atom. The predicted octanol–water partition coefficient (Wildman–Crippen LogP) is 2.49. The molecule has 1 aliphatic rings. The molecular weight excluding hydrogens is 308 g/mol. The number of aromatic nitrogens is 4. The summed E-state index contributed by atoms with van der Waals surface area (Å²) in [5.74, 6) is 1.73. The van der Waals surface area contributed by atoms with Gasteiger partial charge < -0.3 is 9.47 Å². The van der Waals surface area contributed by atoms with Gasteiger partial charge in [0.1, 0.15) is 11.5 Å². The van der Waals surface area contributed by atoms with Crippen LogP contribution in [0.1, 0.15) is 15.9 Å². The Labute approximate surface area is 136 Å². The molecule has 0 amide bonds. The van der Waals surface area contributed by atoms with E-state index in [-0.39, 0.29) is 11.5 Å². The first kappa shape index (κ1) is 14.1. The Morgan fingerprint density at radius 3 is 2.92 bits per heavy atom. The summed E-state index contributed by atoms with van der Waals surface area (Å²) in [6.07, 6.45) is 1.69. The highest BCUT2D eigenvalue weighted by Gasteiger charge is 2.27. The first-order chi connectivity index (χ1) is 11.7. The average molecular weight is 320 g/mol. The van der Waals surface area contributed by atoms with Crippen LogP contribution in [0.25, 0.3) is 17.5 Å². The molecule has 0 unspecified atom stereocenters. The van der Waals surface area contributed by atoms with Crippen molar-refractivity contribution < 1.29 is 14.3 Å². The monoisotopic (exact) mass is 320 g/mol. The Hall–Kier alpha value is -3.48. The van der Waals surface area contributed by atoms with E-state index in [0.717, 1.165) is 11.1 Å². The summed E-state index contributed by atoms with van der Waals surface area (Å²) in [7, 11) is 1.56. The average Bonchev–Trinajstić information content (AvgIpc) is 3.24. The Kier molecular flexibility index (Phi) is 3.31. The van der Waals surface area contributed by atoms with E-state index in [1.807, 2.05) is 24.3 Å². The van der Waals surface area contributed by atoms with Crippen LogP contribution in [-0.4, -0.2) is 33.5 Å². The minimum atomic E-state index is -0.172. The standard InChI is InChI=1S/C17H12N4O3/c1-23-12-5-6-14-13(9-12)16(22)15(24-14)8-10-3-2-4-11(7-10)17-18-20-21-19-17/h2-9H,1H3,(H,18,19,20,21). The first-order valence-corrected chi connectivity index (χ1v) is 7.21. The van der Waals surface area contributed by atoms with Gasteiger partial charge in [0.15, 0.2) is 5.76 Å². The van der Waals surface area contributed by atoms with Crippen molar-refractivity contribution in [1.82, 2.24) is 20.6 Å². The summed E-state index contributed by atoms with van der Waals surface area (Å²) in [6.45, 7) is 0. The highest BCUT2D eigenvalue weighted by molar-refractivity contribution is 6.14. The number of methoxy groups -OCH3 is 1. The normalized spacial score (nSPS) is 14.5. The number of aromatic amines is 1. The molecule has 0 saturated heterocycles. The number of Topliss-reactive ketones (excluding diaryl/α,β-unsaturated/α-hetero) is 1. The van der Waals surface area contributed by atoms with Crippen LogP contribution in [0.4, 0.5) is 0 Å². The lowest BCUT2D eigenvalue weighted by atomic mass is 10.1. The van der Waals surface area contributed by atoms with Gasteiger partial charge in [-0.15, -0.1) is 10.2 Å². The van der Waals surface area contributed by atoms with Crippen molar-refractivity contribution in [3.8, 4) is 22.9 Å². The van der Waals surface area contributed by atoms with Crippen LogP contribution in [0.2, 0.25) is 0 Å². The molecule has 0 saturated carbocycles. The maximum atomic E-state index is 12.5. The first-order valence-electron chi connectivity index (χ1n) is 7.21. The molecule has 1 N–H and O–H groups in total. The van der Waals surface area contributed by atoms with E-state index in [1.165, 1.54) is 0 Å². The minimum Gasteiger partial charge on any atom is -0.497 e. The number of carbonyl (C=O) groups is 1. The third-order valence-electron chi connectivity index (χ3n) is 3.66. The molecule has 7 heteroatoms. The summed E-state index contributed by atoms with van der Waals surface area (Å²) in [4.78, 5) is 12.5. The van der Waals surface area contributed by atoms with E-state index < -0.39 is 0 Å². The molecule has 24 heavy (non-hydrogen) atoms. The third-order valence-corrected chi connectivity index (χ3v) is 3.66. The van der Waals surface area contributed by atoms with Gasteiger partial charge in [0.25, 0.3) is 0 Å². The van der Waals surface area contributed by atoms with Gasteiger partial charge in [0.05, 0.1) is 12.7 Å². The molecule has 1 aliphatic heterocycles. The van der Waals surface area contributed by atoms with E-state index in [0.29, 0.717) is 22.9 Å². The molecule has 4 rings (SSSR count). The van der Waals surface area contributed by atoms with E-state index >= 15 is 0 Å². The van der Waals surface area contributed by atoms with E-state index in [2.05, 4.69) is 20.6 Å². The number of ether oxygens (including phenoxy) is 2.